The van der Waals surface area contributed by atoms with E-state index in [0.29, 0.717) is 17.5 Å². The van der Waals surface area contributed by atoms with Crippen molar-refractivity contribution in [2.75, 3.05) is 5.32 Å². The lowest BCUT2D eigenvalue weighted by atomic mass is 9.79. The van der Waals surface area contributed by atoms with Gasteiger partial charge in [-0.1, -0.05) is 19.9 Å². The van der Waals surface area contributed by atoms with E-state index in [-0.39, 0.29) is 11.6 Å². The smallest absolute Gasteiger partial charge is 0.340 e. The largest absolute Gasteiger partial charge is 0.478 e. The standard InChI is InChI=1S/C15H20FNO2/c1-9-6-7-12(10(2)8-9)17-13-5-3-4-11(16)14(13)15(18)19/h3-5,9-10,12,17H,6-8H2,1-2H3,(H,18,19). The van der Waals surface area contributed by atoms with Crippen LogP contribution in [0.3, 0.4) is 0 Å². The number of halogens is 1. The molecule has 0 amide bonds. The summed E-state index contributed by atoms with van der Waals surface area (Å²) in [4.78, 5) is 11.1. The van der Waals surface area contributed by atoms with Gasteiger partial charge in [0.25, 0.3) is 0 Å². The van der Waals surface area contributed by atoms with Crippen molar-refractivity contribution < 1.29 is 14.3 Å². The molecular weight excluding hydrogens is 245 g/mol. The van der Waals surface area contributed by atoms with Gasteiger partial charge in [-0.15, -0.1) is 0 Å². The average Bonchev–Trinajstić information content (AvgIpc) is 2.32. The van der Waals surface area contributed by atoms with Crippen molar-refractivity contribution in [2.24, 2.45) is 11.8 Å². The van der Waals surface area contributed by atoms with Crippen molar-refractivity contribution in [1.82, 2.24) is 0 Å². The summed E-state index contributed by atoms with van der Waals surface area (Å²) in [5.74, 6) is -0.736. The summed E-state index contributed by atoms with van der Waals surface area (Å²) in [6.07, 6.45) is 3.24. The Labute approximate surface area is 112 Å². The van der Waals surface area contributed by atoms with Crippen LogP contribution in [0.1, 0.15) is 43.5 Å². The molecule has 4 heteroatoms. The highest BCUT2D eigenvalue weighted by atomic mass is 19.1. The molecule has 1 aromatic rings. The Balaban J connectivity index is 2.19. The molecular formula is C15H20FNO2. The van der Waals surface area contributed by atoms with Crippen molar-refractivity contribution in [3.63, 3.8) is 0 Å². The van der Waals surface area contributed by atoms with E-state index in [2.05, 4.69) is 19.2 Å². The zero-order chi connectivity index (χ0) is 14.0. The van der Waals surface area contributed by atoms with Gasteiger partial charge in [-0.05, 0) is 43.2 Å². The van der Waals surface area contributed by atoms with Crippen LogP contribution in [-0.4, -0.2) is 17.1 Å². The number of carboxylic acid groups (broad SMARTS) is 1. The maximum absolute atomic E-state index is 13.6. The van der Waals surface area contributed by atoms with Gasteiger partial charge in [0, 0.05) is 6.04 Å². The summed E-state index contributed by atoms with van der Waals surface area (Å²) in [5, 5.41) is 12.3. The van der Waals surface area contributed by atoms with Crippen LogP contribution < -0.4 is 5.32 Å². The zero-order valence-electron chi connectivity index (χ0n) is 11.3. The van der Waals surface area contributed by atoms with Gasteiger partial charge in [0.1, 0.15) is 11.4 Å². The fourth-order valence-electron chi connectivity index (χ4n) is 2.94. The minimum absolute atomic E-state index is 0.219. The fourth-order valence-corrected chi connectivity index (χ4v) is 2.94. The first-order chi connectivity index (χ1) is 8.99. The van der Waals surface area contributed by atoms with Gasteiger partial charge < -0.3 is 10.4 Å². The Morgan fingerprint density at radius 3 is 2.74 bits per heavy atom. The molecule has 0 aliphatic heterocycles. The van der Waals surface area contributed by atoms with Crippen molar-refractivity contribution in [2.45, 2.75) is 39.2 Å². The number of aromatic carboxylic acids is 1. The number of nitrogens with one attached hydrogen (secondary N) is 1. The molecule has 3 unspecified atom stereocenters. The third-order valence-electron chi connectivity index (χ3n) is 4.00. The summed E-state index contributed by atoms with van der Waals surface area (Å²) in [6.45, 7) is 4.39. The Bertz CT molecular complexity index is 475. The van der Waals surface area contributed by atoms with Gasteiger partial charge >= 0.3 is 5.97 Å². The predicted octanol–water partition coefficient (Wildman–Crippen LogP) is 3.76. The van der Waals surface area contributed by atoms with E-state index in [4.69, 9.17) is 5.11 Å². The van der Waals surface area contributed by atoms with Crippen molar-refractivity contribution in [3.05, 3.63) is 29.6 Å². The Morgan fingerprint density at radius 1 is 1.37 bits per heavy atom. The number of anilines is 1. The van der Waals surface area contributed by atoms with Crippen LogP contribution in [0.25, 0.3) is 0 Å². The monoisotopic (exact) mass is 265 g/mol. The molecule has 1 aliphatic carbocycles. The van der Waals surface area contributed by atoms with E-state index in [1.54, 1.807) is 12.1 Å². The molecule has 0 aromatic heterocycles. The summed E-state index contributed by atoms with van der Waals surface area (Å²) in [6, 6.07) is 4.58. The number of rotatable bonds is 3. The lowest BCUT2D eigenvalue weighted by Crippen LogP contribution is -2.33. The number of hydrogen-bond donors (Lipinski definition) is 2. The molecule has 19 heavy (non-hydrogen) atoms. The third kappa shape index (κ3) is 3.06. The number of carboxylic acids is 1. The number of carbonyl (C=O) groups is 1. The van der Waals surface area contributed by atoms with Crippen LogP contribution in [0.4, 0.5) is 10.1 Å². The average molecular weight is 265 g/mol. The van der Waals surface area contributed by atoms with Crippen LogP contribution in [0, 0.1) is 17.7 Å². The minimum Gasteiger partial charge on any atom is -0.478 e. The van der Waals surface area contributed by atoms with Crippen molar-refractivity contribution in [3.8, 4) is 0 Å². The molecule has 2 rings (SSSR count). The Kier molecular flexibility index (Phi) is 4.08. The van der Waals surface area contributed by atoms with Gasteiger partial charge in [0.15, 0.2) is 0 Å². The molecule has 0 bridgehead atoms. The summed E-state index contributed by atoms with van der Waals surface area (Å²) in [5.41, 5.74) is 0.132. The molecule has 0 heterocycles. The molecule has 1 saturated carbocycles. The SMILES string of the molecule is CC1CCC(Nc2cccc(F)c2C(=O)O)C(C)C1. The van der Waals surface area contributed by atoms with E-state index in [0.717, 1.165) is 19.3 Å². The lowest BCUT2D eigenvalue weighted by molar-refractivity contribution is 0.0693. The van der Waals surface area contributed by atoms with Gasteiger partial charge in [-0.25, -0.2) is 9.18 Å². The molecule has 0 radical (unpaired) electrons. The van der Waals surface area contributed by atoms with E-state index in [1.807, 2.05) is 0 Å². The summed E-state index contributed by atoms with van der Waals surface area (Å²) in [7, 11) is 0. The summed E-state index contributed by atoms with van der Waals surface area (Å²) < 4.78 is 13.6. The molecule has 104 valence electrons. The topological polar surface area (TPSA) is 49.3 Å². The van der Waals surface area contributed by atoms with Crippen molar-refractivity contribution in [1.29, 1.82) is 0 Å². The second-order valence-electron chi connectivity index (χ2n) is 5.61. The molecule has 0 spiro atoms. The second kappa shape index (κ2) is 5.59. The Hall–Kier alpha value is -1.58. The van der Waals surface area contributed by atoms with Gasteiger partial charge in [-0.3, -0.25) is 0 Å². The van der Waals surface area contributed by atoms with Crippen LogP contribution >= 0.6 is 0 Å². The maximum atomic E-state index is 13.6. The van der Waals surface area contributed by atoms with Crippen LogP contribution in [-0.2, 0) is 0 Å². The van der Waals surface area contributed by atoms with E-state index >= 15 is 0 Å². The normalized spacial score (nSPS) is 27.0. The highest BCUT2D eigenvalue weighted by Crippen LogP contribution is 2.31. The number of benzene rings is 1. The lowest BCUT2D eigenvalue weighted by Gasteiger charge is -2.34. The molecule has 0 saturated heterocycles. The predicted molar refractivity (Wildman–Crippen MR) is 72.9 cm³/mol. The molecule has 1 fully saturated rings. The molecule has 3 atom stereocenters. The van der Waals surface area contributed by atoms with Gasteiger partial charge in [0.05, 0.1) is 5.69 Å². The first-order valence-electron chi connectivity index (χ1n) is 6.77. The quantitative estimate of drug-likeness (QED) is 0.874. The van der Waals surface area contributed by atoms with Crippen LogP contribution in [0.15, 0.2) is 18.2 Å². The second-order valence-corrected chi connectivity index (χ2v) is 5.61. The maximum Gasteiger partial charge on any atom is 0.340 e. The fraction of sp³-hybridized carbons (Fsp3) is 0.533. The van der Waals surface area contributed by atoms with Crippen LogP contribution in [0.5, 0.6) is 0 Å². The highest BCUT2D eigenvalue weighted by Gasteiger charge is 2.26. The van der Waals surface area contributed by atoms with Gasteiger partial charge in [0.2, 0.25) is 0 Å². The molecule has 1 aromatic carbocycles. The van der Waals surface area contributed by atoms with E-state index in [9.17, 15) is 9.18 Å². The third-order valence-corrected chi connectivity index (χ3v) is 4.00. The minimum atomic E-state index is -1.22. The first kappa shape index (κ1) is 13.8. The van der Waals surface area contributed by atoms with E-state index in [1.165, 1.54) is 6.07 Å². The number of hydrogen-bond acceptors (Lipinski definition) is 2. The highest BCUT2D eigenvalue weighted by molar-refractivity contribution is 5.94. The van der Waals surface area contributed by atoms with E-state index < -0.39 is 11.8 Å². The zero-order valence-corrected chi connectivity index (χ0v) is 11.3. The van der Waals surface area contributed by atoms with Crippen LogP contribution in [0.2, 0.25) is 0 Å². The molecule has 1 aliphatic rings. The summed E-state index contributed by atoms with van der Waals surface area (Å²) >= 11 is 0. The van der Waals surface area contributed by atoms with Gasteiger partial charge in [-0.2, -0.15) is 0 Å². The van der Waals surface area contributed by atoms with Crippen molar-refractivity contribution >= 4 is 11.7 Å². The molecule has 2 N–H and O–H groups in total. The molecule has 3 nitrogen and oxygen atoms in total. The Morgan fingerprint density at radius 2 is 2.11 bits per heavy atom. The first-order valence-corrected chi connectivity index (χ1v) is 6.77.